The molecule has 1 N–H and O–H groups in total. The van der Waals surface area contributed by atoms with Crippen LogP contribution in [0.3, 0.4) is 0 Å². The van der Waals surface area contributed by atoms with Crippen molar-refractivity contribution in [3.8, 4) is 0 Å². The van der Waals surface area contributed by atoms with Gasteiger partial charge in [-0.3, -0.25) is 4.79 Å². The third-order valence-corrected chi connectivity index (χ3v) is 4.13. The quantitative estimate of drug-likeness (QED) is 0.712. The van der Waals surface area contributed by atoms with Gasteiger partial charge in [-0.15, -0.1) is 0 Å². The van der Waals surface area contributed by atoms with Gasteiger partial charge in [0.1, 0.15) is 12.1 Å². The van der Waals surface area contributed by atoms with Crippen LogP contribution < -0.4 is 10.2 Å². The smallest absolute Gasteiger partial charge is 0.239 e. The van der Waals surface area contributed by atoms with E-state index in [-0.39, 0.29) is 12.5 Å². The minimum atomic E-state index is 0.0136. The van der Waals surface area contributed by atoms with Gasteiger partial charge >= 0.3 is 0 Å². The number of anilines is 1. The Labute approximate surface area is 143 Å². The highest BCUT2D eigenvalue weighted by atomic mass is 16.2. The fourth-order valence-electron chi connectivity index (χ4n) is 2.71. The molecule has 1 amide bonds. The summed E-state index contributed by atoms with van der Waals surface area (Å²) in [5, 5.41) is 3.94. The molecule has 0 aliphatic heterocycles. The number of hydrogen-bond donors (Lipinski definition) is 1. The van der Waals surface area contributed by atoms with Gasteiger partial charge in [0.15, 0.2) is 0 Å². The Morgan fingerprint density at radius 3 is 2.67 bits per heavy atom. The van der Waals surface area contributed by atoms with Crippen molar-refractivity contribution in [3.63, 3.8) is 0 Å². The lowest BCUT2D eigenvalue weighted by atomic mass is 10.2. The molecule has 0 bridgehead atoms. The molecule has 0 unspecified atom stereocenters. The van der Waals surface area contributed by atoms with Gasteiger partial charge in [0.2, 0.25) is 5.91 Å². The summed E-state index contributed by atoms with van der Waals surface area (Å²) in [6.07, 6.45) is 2.50. The number of nitrogens with one attached hydrogen (secondary N) is 1. The topological polar surface area (TPSA) is 61.4 Å². The van der Waals surface area contributed by atoms with Crippen molar-refractivity contribution in [3.05, 3.63) is 30.6 Å². The summed E-state index contributed by atoms with van der Waals surface area (Å²) in [7, 11) is 1.88. The largest absolute Gasteiger partial charge is 0.355 e. The lowest BCUT2D eigenvalue weighted by molar-refractivity contribution is -0.119. The average Bonchev–Trinajstić information content (AvgIpc) is 2.61. The number of fused-ring (bicyclic) bond motifs is 1. The molecule has 1 aromatic carbocycles. The van der Waals surface area contributed by atoms with Gasteiger partial charge in [-0.05, 0) is 38.2 Å². The molecule has 0 aliphatic rings. The molecule has 1 heterocycles. The van der Waals surface area contributed by atoms with E-state index in [2.05, 4.69) is 34.0 Å². The molecule has 130 valence electrons. The highest BCUT2D eigenvalue weighted by Crippen LogP contribution is 2.20. The highest BCUT2D eigenvalue weighted by molar-refractivity contribution is 5.91. The van der Waals surface area contributed by atoms with E-state index in [0.717, 1.165) is 42.8 Å². The zero-order valence-corrected chi connectivity index (χ0v) is 14.8. The van der Waals surface area contributed by atoms with Crippen molar-refractivity contribution in [2.75, 3.05) is 44.7 Å². The standard InChI is InChI=1S/C18H27N5O/c1-4-23(5-2)12-8-11-19-17(24)13-22(3)18-15-9-6-7-10-16(15)20-14-21-18/h6-7,9-10,14H,4-5,8,11-13H2,1-3H3,(H,19,24). The van der Waals surface area contributed by atoms with Crippen LogP contribution in [0.2, 0.25) is 0 Å². The van der Waals surface area contributed by atoms with Gasteiger partial charge in [0, 0.05) is 19.0 Å². The Morgan fingerprint density at radius 2 is 1.92 bits per heavy atom. The Kier molecular flexibility index (Phi) is 6.93. The third kappa shape index (κ3) is 4.89. The number of carbonyl (C=O) groups is 1. The Morgan fingerprint density at radius 1 is 1.17 bits per heavy atom. The Balaban J connectivity index is 1.85. The molecular formula is C18H27N5O. The third-order valence-electron chi connectivity index (χ3n) is 4.13. The van der Waals surface area contributed by atoms with E-state index in [4.69, 9.17) is 0 Å². The number of likely N-dealkylation sites (N-methyl/N-ethyl adjacent to an activating group) is 1. The highest BCUT2D eigenvalue weighted by Gasteiger charge is 2.11. The number of carbonyl (C=O) groups excluding carboxylic acids is 1. The molecule has 0 saturated carbocycles. The Bertz CT molecular complexity index is 651. The van der Waals surface area contributed by atoms with Gasteiger partial charge in [-0.25, -0.2) is 9.97 Å². The van der Waals surface area contributed by atoms with Gasteiger partial charge in [-0.2, -0.15) is 0 Å². The maximum atomic E-state index is 12.1. The second kappa shape index (κ2) is 9.17. The summed E-state index contributed by atoms with van der Waals surface area (Å²) in [6.45, 7) is 8.41. The number of aromatic nitrogens is 2. The fourth-order valence-corrected chi connectivity index (χ4v) is 2.71. The minimum absolute atomic E-state index is 0.0136. The maximum Gasteiger partial charge on any atom is 0.239 e. The molecule has 24 heavy (non-hydrogen) atoms. The van der Waals surface area contributed by atoms with Crippen molar-refractivity contribution in [2.45, 2.75) is 20.3 Å². The summed E-state index contributed by atoms with van der Waals surface area (Å²) in [4.78, 5) is 24.9. The number of hydrogen-bond acceptors (Lipinski definition) is 5. The van der Waals surface area contributed by atoms with Crippen molar-refractivity contribution in [1.82, 2.24) is 20.2 Å². The molecule has 0 fully saturated rings. The van der Waals surface area contributed by atoms with Crippen LogP contribution in [0.25, 0.3) is 10.9 Å². The number of rotatable bonds is 9. The van der Waals surface area contributed by atoms with Crippen molar-refractivity contribution >= 4 is 22.6 Å². The fraction of sp³-hybridized carbons (Fsp3) is 0.500. The number of benzene rings is 1. The summed E-state index contributed by atoms with van der Waals surface area (Å²) in [5.41, 5.74) is 0.883. The Hall–Kier alpha value is -2.21. The van der Waals surface area contributed by atoms with E-state index in [0.29, 0.717) is 6.54 Å². The molecular weight excluding hydrogens is 302 g/mol. The first-order valence-electron chi connectivity index (χ1n) is 8.55. The first kappa shape index (κ1) is 18.1. The van der Waals surface area contributed by atoms with Crippen LogP contribution in [0.5, 0.6) is 0 Å². The van der Waals surface area contributed by atoms with Crippen LogP contribution in [0.4, 0.5) is 5.82 Å². The van der Waals surface area contributed by atoms with Crippen LogP contribution >= 0.6 is 0 Å². The number of nitrogens with zero attached hydrogens (tertiary/aromatic N) is 4. The zero-order chi connectivity index (χ0) is 17.4. The second-order valence-electron chi connectivity index (χ2n) is 5.80. The van der Waals surface area contributed by atoms with E-state index >= 15 is 0 Å². The average molecular weight is 329 g/mol. The molecule has 0 aliphatic carbocycles. The van der Waals surface area contributed by atoms with Crippen molar-refractivity contribution < 1.29 is 4.79 Å². The van der Waals surface area contributed by atoms with E-state index in [1.807, 2.05) is 36.2 Å². The van der Waals surface area contributed by atoms with Gasteiger partial charge in [0.25, 0.3) is 0 Å². The van der Waals surface area contributed by atoms with Crippen molar-refractivity contribution in [2.24, 2.45) is 0 Å². The lowest BCUT2D eigenvalue weighted by Crippen LogP contribution is -2.37. The summed E-state index contributed by atoms with van der Waals surface area (Å²) in [6, 6.07) is 7.82. The van der Waals surface area contributed by atoms with Crippen molar-refractivity contribution in [1.29, 1.82) is 0 Å². The summed E-state index contributed by atoms with van der Waals surface area (Å²) >= 11 is 0. The minimum Gasteiger partial charge on any atom is -0.355 e. The SMILES string of the molecule is CCN(CC)CCCNC(=O)CN(C)c1ncnc2ccccc12. The first-order chi connectivity index (χ1) is 11.7. The molecule has 6 heteroatoms. The van der Waals surface area contributed by atoms with Gasteiger partial charge in [-0.1, -0.05) is 26.0 Å². The molecule has 0 spiro atoms. The maximum absolute atomic E-state index is 12.1. The number of para-hydroxylation sites is 1. The molecule has 2 rings (SSSR count). The van der Waals surface area contributed by atoms with Gasteiger partial charge < -0.3 is 15.1 Å². The van der Waals surface area contributed by atoms with Gasteiger partial charge in [0.05, 0.1) is 12.1 Å². The molecule has 0 saturated heterocycles. The molecule has 0 radical (unpaired) electrons. The predicted molar refractivity (Wildman–Crippen MR) is 98.2 cm³/mol. The monoisotopic (exact) mass is 329 g/mol. The lowest BCUT2D eigenvalue weighted by Gasteiger charge is -2.20. The van der Waals surface area contributed by atoms with Crippen LogP contribution in [-0.4, -0.2) is 60.5 Å². The van der Waals surface area contributed by atoms with Crippen LogP contribution in [0.15, 0.2) is 30.6 Å². The molecule has 1 aromatic heterocycles. The zero-order valence-electron chi connectivity index (χ0n) is 14.8. The summed E-state index contributed by atoms with van der Waals surface area (Å²) in [5.74, 6) is 0.790. The van der Waals surface area contributed by atoms with E-state index < -0.39 is 0 Å². The predicted octanol–water partition coefficient (Wildman–Crippen LogP) is 1.91. The molecule has 6 nitrogen and oxygen atoms in total. The normalized spacial score (nSPS) is 11.0. The second-order valence-corrected chi connectivity index (χ2v) is 5.80. The van der Waals surface area contributed by atoms with E-state index in [1.54, 1.807) is 0 Å². The summed E-state index contributed by atoms with van der Waals surface area (Å²) < 4.78 is 0. The van der Waals surface area contributed by atoms with Crippen LogP contribution in [0, 0.1) is 0 Å². The van der Waals surface area contributed by atoms with Crippen LogP contribution in [-0.2, 0) is 4.79 Å². The molecule has 0 atom stereocenters. The van der Waals surface area contributed by atoms with E-state index in [1.165, 1.54) is 6.33 Å². The number of amides is 1. The van der Waals surface area contributed by atoms with Crippen LogP contribution in [0.1, 0.15) is 20.3 Å². The van der Waals surface area contributed by atoms with E-state index in [9.17, 15) is 4.79 Å². The molecule has 2 aromatic rings. The first-order valence-corrected chi connectivity index (χ1v) is 8.55.